The van der Waals surface area contributed by atoms with Gasteiger partial charge in [0, 0.05) is 22.8 Å². The Morgan fingerprint density at radius 1 is 1.11 bits per heavy atom. The maximum absolute atomic E-state index is 9.20. The first-order chi connectivity index (χ1) is 9.26. The van der Waals surface area contributed by atoms with Crippen molar-refractivity contribution >= 4 is 10.9 Å². The lowest BCUT2D eigenvalue weighted by atomic mass is 10.1. The summed E-state index contributed by atoms with van der Waals surface area (Å²) >= 11 is 0. The molecule has 0 aliphatic carbocycles. The number of pyridine rings is 1. The van der Waals surface area contributed by atoms with Crippen molar-refractivity contribution in [1.29, 1.82) is 0 Å². The normalized spacial score (nSPS) is 10.8. The van der Waals surface area contributed by atoms with E-state index in [1.165, 1.54) is 0 Å². The molecule has 0 saturated carbocycles. The van der Waals surface area contributed by atoms with Crippen LogP contribution in [0.2, 0.25) is 0 Å². The molecule has 0 atom stereocenters. The molecule has 2 aromatic heterocycles. The first-order valence-corrected chi connectivity index (χ1v) is 6.07. The van der Waals surface area contributed by atoms with Crippen LogP contribution in [0.3, 0.4) is 0 Å². The maximum Gasteiger partial charge on any atom is 0.159 e. The minimum Gasteiger partial charge on any atom is -0.390 e. The fourth-order valence-corrected chi connectivity index (χ4v) is 2.06. The Kier molecular flexibility index (Phi) is 2.93. The van der Waals surface area contributed by atoms with Crippen LogP contribution in [0.1, 0.15) is 11.4 Å². The first-order valence-electron chi connectivity index (χ1n) is 6.07. The molecule has 3 aromatic rings. The molecule has 0 bridgehead atoms. The molecule has 0 radical (unpaired) electrons. The topological polar surface area (TPSA) is 58.9 Å². The van der Waals surface area contributed by atoms with E-state index in [9.17, 15) is 5.11 Å². The fraction of sp³-hybridized carbons (Fsp3) is 0.133. The van der Waals surface area contributed by atoms with Crippen LogP contribution >= 0.6 is 0 Å². The highest BCUT2D eigenvalue weighted by Crippen LogP contribution is 2.21. The van der Waals surface area contributed by atoms with Crippen molar-refractivity contribution in [3.8, 4) is 11.4 Å². The second-order valence-corrected chi connectivity index (χ2v) is 4.39. The summed E-state index contributed by atoms with van der Waals surface area (Å²) < 4.78 is 0. The lowest BCUT2D eigenvalue weighted by molar-refractivity contribution is 0.276. The van der Waals surface area contributed by atoms with Gasteiger partial charge in [-0.1, -0.05) is 6.07 Å². The van der Waals surface area contributed by atoms with Crippen molar-refractivity contribution in [2.24, 2.45) is 0 Å². The predicted octanol–water partition coefficient (Wildman–Crippen LogP) is 2.49. The van der Waals surface area contributed by atoms with Gasteiger partial charge in [-0.3, -0.25) is 4.98 Å². The Morgan fingerprint density at radius 2 is 2.00 bits per heavy atom. The third-order valence-electron chi connectivity index (χ3n) is 2.93. The Balaban J connectivity index is 2.15. The van der Waals surface area contributed by atoms with Crippen LogP contribution in [0, 0.1) is 6.92 Å². The minimum atomic E-state index is -0.0779. The van der Waals surface area contributed by atoms with E-state index < -0.39 is 0 Å². The first kappa shape index (κ1) is 11.7. The number of aromatic nitrogens is 3. The SMILES string of the molecule is Cc1cc(CO)nc(-c2ccc3ncccc3c2)n1. The molecular weight excluding hydrogens is 238 g/mol. The highest BCUT2D eigenvalue weighted by molar-refractivity contribution is 5.83. The van der Waals surface area contributed by atoms with E-state index in [0.717, 1.165) is 22.2 Å². The Morgan fingerprint density at radius 3 is 2.84 bits per heavy atom. The molecule has 94 valence electrons. The van der Waals surface area contributed by atoms with Crippen molar-refractivity contribution < 1.29 is 5.11 Å². The quantitative estimate of drug-likeness (QED) is 0.760. The molecule has 2 heterocycles. The molecular formula is C15H13N3O. The molecule has 1 N–H and O–H groups in total. The second-order valence-electron chi connectivity index (χ2n) is 4.39. The number of fused-ring (bicyclic) bond motifs is 1. The molecule has 0 amide bonds. The molecule has 19 heavy (non-hydrogen) atoms. The Labute approximate surface area is 110 Å². The molecule has 0 aliphatic heterocycles. The van der Waals surface area contributed by atoms with E-state index in [1.54, 1.807) is 12.3 Å². The third-order valence-corrected chi connectivity index (χ3v) is 2.93. The zero-order valence-electron chi connectivity index (χ0n) is 10.5. The van der Waals surface area contributed by atoms with Crippen LogP contribution in [0.15, 0.2) is 42.6 Å². The lowest BCUT2D eigenvalue weighted by Crippen LogP contribution is -1.97. The van der Waals surface area contributed by atoms with Gasteiger partial charge in [-0.05, 0) is 37.3 Å². The number of aliphatic hydroxyl groups is 1. The van der Waals surface area contributed by atoms with Crippen LogP contribution in [0.4, 0.5) is 0 Å². The lowest BCUT2D eigenvalue weighted by Gasteiger charge is -2.05. The Hall–Kier alpha value is -2.33. The minimum absolute atomic E-state index is 0.0779. The summed E-state index contributed by atoms with van der Waals surface area (Å²) in [7, 11) is 0. The van der Waals surface area contributed by atoms with Crippen molar-refractivity contribution in [2.75, 3.05) is 0 Å². The predicted molar refractivity (Wildman–Crippen MR) is 73.4 cm³/mol. The monoisotopic (exact) mass is 251 g/mol. The maximum atomic E-state index is 9.20. The second kappa shape index (κ2) is 4.74. The summed E-state index contributed by atoms with van der Waals surface area (Å²) in [6.07, 6.45) is 1.77. The van der Waals surface area contributed by atoms with Crippen molar-refractivity contribution in [2.45, 2.75) is 13.5 Å². The molecule has 0 saturated heterocycles. The zero-order chi connectivity index (χ0) is 13.2. The van der Waals surface area contributed by atoms with Gasteiger partial charge >= 0.3 is 0 Å². The van der Waals surface area contributed by atoms with Gasteiger partial charge in [0.25, 0.3) is 0 Å². The van der Waals surface area contributed by atoms with Crippen LogP contribution in [0.5, 0.6) is 0 Å². The largest absolute Gasteiger partial charge is 0.390 e. The van der Waals surface area contributed by atoms with E-state index in [-0.39, 0.29) is 6.61 Å². The van der Waals surface area contributed by atoms with Gasteiger partial charge in [0.15, 0.2) is 5.82 Å². The van der Waals surface area contributed by atoms with E-state index in [0.29, 0.717) is 11.5 Å². The van der Waals surface area contributed by atoms with Gasteiger partial charge in [0.1, 0.15) is 0 Å². The van der Waals surface area contributed by atoms with Crippen molar-refractivity contribution in [1.82, 2.24) is 15.0 Å². The number of benzene rings is 1. The molecule has 3 rings (SSSR count). The fourth-order valence-electron chi connectivity index (χ4n) is 2.06. The van der Waals surface area contributed by atoms with Crippen molar-refractivity contribution in [3.63, 3.8) is 0 Å². The van der Waals surface area contributed by atoms with Gasteiger partial charge in [-0.2, -0.15) is 0 Å². The van der Waals surface area contributed by atoms with Crippen LogP contribution < -0.4 is 0 Å². The summed E-state index contributed by atoms with van der Waals surface area (Å²) in [5.74, 6) is 0.634. The van der Waals surface area contributed by atoms with Crippen LogP contribution in [0.25, 0.3) is 22.3 Å². The average Bonchev–Trinajstić information content (AvgIpc) is 2.46. The number of aliphatic hydroxyl groups excluding tert-OH is 1. The highest BCUT2D eigenvalue weighted by atomic mass is 16.3. The molecule has 0 fully saturated rings. The van der Waals surface area contributed by atoms with Gasteiger partial charge in [0.05, 0.1) is 17.8 Å². The number of aryl methyl sites for hydroxylation is 1. The Bertz CT molecular complexity index is 740. The number of rotatable bonds is 2. The summed E-state index contributed by atoms with van der Waals surface area (Å²) in [6.45, 7) is 1.82. The summed E-state index contributed by atoms with van der Waals surface area (Å²) in [6, 6.07) is 11.6. The van der Waals surface area contributed by atoms with Crippen LogP contribution in [-0.4, -0.2) is 20.1 Å². The van der Waals surface area contributed by atoms with E-state index in [1.807, 2.05) is 37.3 Å². The average molecular weight is 251 g/mol. The van der Waals surface area contributed by atoms with Gasteiger partial charge in [0.2, 0.25) is 0 Å². The number of hydrogen-bond acceptors (Lipinski definition) is 4. The third kappa shape index (κ3) is 2.30. The van der Waals surface area contributed by atoms with Gasteiger partial charge in [-0.15, -0.1) is 0 Å². The van der Waals surface area contributed by atoms with Gasteiger partial charge in [-0.25, -0.2) is 9.97 Å². The number of hydrogen-bond donors (Lipinski definition) is 1. The summed E-state index contributed by atoms with van der Waals surface area (Å²) in [5, 5.41) is 10.3. The van der Waals surface area contributed by atoms with E-state index >= 15 is 0 Å². The molecule has 0 spiro atoms. The van der Waals surface area contributed by atoms with Gasteiger partial charge < -0.3 is 5.11 Å². The zero-order valence-corrected chi connectivity index (χ0v) is 10.5. The van der Waals surface area contributed by atoms with E-state index in [4.69, 9.17) is 0 Å². The van der Waals surface area contributed by atoms with Crippen LogP contribution in [-0.2, 0) is 6.61 Å². The summed E-state index contributed by atoms with van der Waals surface area (Å²) in [4.78, 5) is 13.1. The molecule has 0 unspecified atom stereocenters. The highest BCUT2D eigenvalue weighted by Gasteiger charge is 2.05. The van der Waals surface area contributed by atoms with Crippen molar-refractivity contribution in [3.05, 3.63) is 54.0 Å². The molecule has 4 nitrogen and oxygen atoms in total. The molecule has 0 aliphatic rings. The van der Waals surface area contributed by atoms with E-state index in [2.05, 4.69) is 15.0 Å². The smallest absolute Gasteiger partial charge is 0.159 e. The number of nitrogens with zero attached hydrogens (tertiary/aromatic N) is 3. The molecule has 1 aromatic carbocycles. The standard InChI is InChI=1S/C15H13N3O/c1-10-7-13(9-19)18-15(17-10)12-4-5-14-11(8-12)3-2-6-16-14/h2-8,19H,9H2,1H3. The molecule has 4 heteroatoms. The summed E-state index contributed by atoms with van der Waals surface area (Å²) in [5.41, 5.74) is 3.36.